The highest BCUT2D eigenvalue weighted by Gasteiger charge is 2.22. The van der Waals surface area contributed by atoms with Gasteiger partial charge in [0.25, 0.3) is 0 Å². The highest BCUT2D eigenvalue weighted by molar-refractivity contribution is 5.94. The predicted molar refractivity (Wildman–Crippen MR) is 77.8 cm³/mol. The fraction of sp³-hybridized carbons (Fsp3) is 0.429. The zero-order valence-electron chi connectivity index (χ0n) is 11.8. The Balaban J connectivity index is 1.94. The number of nitriles is 1. The summed E-state index contributed by atoms with van der Waals surface area (Å²) in [6.45, 7) is 1.72. The Hall–Kier alpha value is -2.30. The first-order valence-corrected chi connectivity index (χ1v) is 6.59. The number of methoxy groups -OCH3 is 1. The van der Waals surface area contributed by atoms with Gasteiger partial charge in [0, 0.05) is 24.8 Å². The van der Waals surface area contributed by atoms with Crippen molar-refractivity contribution in [2.24, 2.45) is 0 Å². The minimum absolute atomic E-state index is 0.170. The van der Waals surface area contributed by atoms with E-state index in [1.165, 1.54) is 7.11 Å². The molecule has 3 N–H and O–H groups in total. The van der Waals surface area contributed by atoms with Crippen LogP contribution in [-0.4, -0.2) is 50.3 Å². The molecule has 1 fully saturated rings. The van der Waals surface area contributed by atoms with Gasteiger partial charge in [-0.1, -0.05) is 0 Å². The zero-order chi connectivity index (χ0) is 15.2. The Kier molecular flexibility index (Phi) is 4.98. The van der Waals surface area contributed by atoms with E-state index in [0.29, 0.717) is 36.8 Å². The van der Waals surface area contributed by atoms with Crippen LogP contribution in [0.3, 0.4) is 0 Å². The minimum Gasteiger partial charge on any atom is -0.494 e. The normalized spacial score (nSPS) is 18.8. The first-order valence-electron chi connectivity index (χ1n) is 6.59. The zero-order valence-corrected chi connectivity index (χ0v) is 11.8. The van der Waals surface area contributed by atoms with Gasteiger partial charge in [-0.2, -0.15) is 5.26 Å². The molecule has 1 aromatic carbocycles. The Morgan fingerprint density at radius 1 is 1.67 bits per heavy atom. The van der Waals surface area contributed by atoms with Crippen LogP contribution in [0, 0.1) is 11.3 Å². The summed E-state index contributed by atoms with van der Waals surface area (Å²) >= 11 is 0. The van der Waals surface area contributed by atoms with Crippen molar-refractivity contribution in [1.82, 2.24) is 4.90 Å². The Morgan fingerprint density at radius 2 is 2.48 bits per heavy atom. The summed E-state index contributed by atoms with van der Waals surface area (Å²) < 4.78 is 10.4. The minimum atomic E-state index is -0.474. The van der Waals surface area contributed by atoms with Crippen molar-refractivity contribution in [3.05, 3.63) is 18.2 Å². The van der Waals surface area contributed by atoms with E-state index in [1.54, 1.807) is 18.2 Å². The lowest BCUT2D eigenvalue weighted by molar-refractivity contribution is -0.118. The van der Waals surface area contributed by atoms with Gasteiger partial charge in [-0.05, 0) is 12.1 Å². The largest absolute Gasteiger partial charge is 0.494 e. The number of nitrogens with zero attached hydrogens (tertiary/aromatic N) is 2. The standard InChI is InChI=1S/C14H18N4O3/c1-20-13-6-10(16)2-3-12(13)17-14(19)9-18-4-5-21-11(7-15)8-18/h2-3,6,11H,4-5,8-9,16H2,1H3,(H,17,19). The number of hydrogen-bond acceptors (Lipinski definition) is 6. The van der Waals surface area contributed by atoms with Crippen LogP contribution in [0.1, 0.15) is 0 Å². The van der Waals surface area contributed by atoms with E-state index in [1.807, 2.05) is 4.90 Å². The van der Waals surface area contributed by atoms with Crippen molar-refractivity contribution in [3.8, 4) is 11.8 Å². The summed E-state index contributed by atoms with van der Waals surface area (Å²) in [5, 5.41) is 11.6. The fourth-order valence-corrected chi connectivity index (χ4v) is 2.13. The number of amides is 1. The molecule has 2 rings (SSSR count). The van der Waals surface area contributed by atoms with Crippen LogP contribution in [0.5, 0.6) is 5.75 Å². The lowest BCUT2D eigenvalue weighted by Crippen LogP contribution is -2.45. The van der Waals surface area contributed by atoms with Gasteiger partial charge >= 0.3 is 0 Å². The molecule has 1 aliphatic heterocycles. The number of morpholine rings is 1. The van der Waals surface area contributed by atoms with Gasteiger partial charge in [0.15, 0.2) is 6.10 Å². The molecule has 1 aromatic rings. The molecule has 0 aliphatic carbocycles. The topological polar surface area (TPSA) is 101 Å². The third kappa shape index (κ3) is 4.08. The molecule has 7 nitrogen and oxygen atoms in total. The Bertz CT molecular complexity index is 556. The molecule has 0 saturated carbocycles. The van der Waals surface area contributed by atoms with Gasteiger partial charge in [-0.3, -0.25) is 9.69 Å². The maximum absolute atomic E-state index is 12.1. The summed E-state index contributed by atoms with van der Waals surface area (Å²) in [5.74, 6) is 0.344. The summed E-state index contributed by atoms with van der Waals surface area (Å²) in [4.78, 5) is 14.0. The molecule has 1 atom stereocenters. The van der Waals surface area contributed by atoms with Gasteiger partial charge in [0.2, 0.25) is 5.91 Å². The number of rotatable bonds is 4. The van der Waals surface area contributed by atoms with E-state index in [0.717, 1.165) is 0 Å². The smallest absolute Gasteiger partial charge is 0.238 e. The van der Waals surface area contributed by atoms with Crippen molar-refractivity contribution in [1.29, 1.82) is 5.26 Å². The molecule has 1 saturated heterocycles. The average Bonchev–Trinajstić information content (AvgIpc) is 2.49. The van der Waals surface area contributed by atoms with Gasteiger partial charge in [0.05, 0.1) is 32.0 Å². The molecule has 112 valence electrons. The van der Waals surface area contributed by atoms with E-state index in [2.05, 4.69) is 11.4 Å². The van der Waals surface area contributed by atoms with Crippen LogP contribution in [0.15, 0.2) is 18.2 Å². The van der Waals surface area contributed by atoms with E-state index in [9.17, 15) is 4.79 Å². The molecule has 1 amide bonds. The monoisotopic (exact) mass is 290 g/mol. The molecule has 7 heteroatoms. The number of carbonyl (C=O) groups excluding carboxylic acids is 1. The number of nitrogen functional groups attached to an aromatic ring is 1. The number of nitrogens with two attached hydrogens (primary N) is 1. The second-order valence-corrected chi connectivity index (χ2v) is 4.73. The Morgan fingerprint density at radius 3 is 3.19 bits per heavy atom. The van der Waals surface area contributed by atoms with Crippen molar-refractivity contribution in [3.63, 3.8) is 0 Å². The van der Waals surface area contributed by atoms with Gasteiger partial charge < -0.3 is 20.5 Å². The van der Waals surface area contributed by atoms with Gasteiger partial charge in [0.1, 0.15) is 5.75 Å². The van der Waals surface area contributed by atoms with Crippen LogP contribution in [-0.2, 0) is 9.53 Å². The molecular weight excluding hydrogens is 272 g/mol. The molecule has 1 unspecified atom stereocenters. The second kappa shape index (κ2) is 6.92. The highest BCUT2D eigenvalue weighted by Crippen LogP contribution is 2.26. The number of carbonyl (C=O) groups is 1. The second-order valence-electron chi connectivity index (χ2n) is 4.73. The maximum Gasteiger partial charge on any atom is 0.238 e. The lowest BCUT2D eigenvalue weighted by atomic mass is 10.2. The number of anilines is 2. The Labute approximate surface area is 123 Å². The summed E-state index contributed by atoms with van der Waals surface area (Å²) in [5.41, 5.74) is 6.80. The van der Waals surface area contributed by atoms with E-state index in [-0.39, 0.29) is 12.5 Å². The average molecular weight is 290 g/mol. The molecule has 1 aliphatic rings. The van der Waals surface area contributed by atoms with Crippen LogP contribution >= 0.6 is 0 Å². The third-order valence-corrected chi connectivity index (χ3v) is 3.16. The number of hydrogen-bond donors (Lipinski definition) is 2. The molecule has 0 aromatic heterocycles. The first kappa shape index (κ1) is 15.1. The summed E-state index contributed by atoms with van der Waals surface area (Å²) in [6, 6.07) is 7.09. The third-order valence-electron chi connectivity index (χ3n) is 3.16. The van der Waals surface area contributed by atoms with Crippen molar-refractivity contribution in [2.45, 2.75) is 6.10 Å². The van der Waals surface area contributed by atoms with Gasteiger partial charge in [-0.15, -0.1) is 0 Å². The highest BCUT2D eigenvalue weighted by atomic mass is 16.5. The number of benzene rings is 1. The lowest BCUT2D eigenvalue weighted by Gasteiger charge is -2.29. The van der Waals surface area contributed by atoms with Crippen molar-refractivity contribution >= 4 is 17.3 Å². The predicted octanol–water partition coefficient (Wildman–Crippen LogP) is 0.440. The molecule has 21 heavy (non-hydrogen) atoms. The van der Waals surface area contributed by atoms with E-state index in [4.69, 9.17) is 20.5 Å². The van der Waals surface area contributed by atoms with Gasteiger partial charge in [-0.25, -0.2) is 0 Å². The first-order chi connectivity index (χ1) is 10.1. The van der Waals surface area contributed by atoms with Crippen molar-refractivity contribution < 1.29 is 14.3 Å². The van der Waals surface area contributed by atoms with Crippen LogP contribution in [0.25, 0.3) is 0 Å². The fourth-order valence-electron chi connectivity index (χ4n) is 2.13. The van der Waals surface area contributed by atoms with E-state index < -0.39 is 6.10 Å². The number of ether oxygens (including phenoxy) is 2. The van der Waals surface area contributed by atoms with Crippen LogP contribution in [0.2, 0.25) is 0 Å². The quantitative estimate of drug-likeness (QED) is 0.780. The van der Waals surface area contributed by atoms with Crippen molar-refractivity contribution in [2.75, 3.05) is 44.4 Å². The van der Waals surface area contributed by atoms with Crippen LogP contribution in [0.4, 0.5) is 11.4 Å². The molecule has 1 heterocycles. The summed E-state index contributed by atoms with van der Waals surface area (Å²) in [7, 11) is 1.52. The molecule has 0 spiro atoms. The maximum atomic E-state index is 12.1. The number of nitrogens with one attached hydrogen (secondary N) is 1. The molecule has 0 radical (unpaired) electrons. The van der Waals surface area contributed by atoms with E-state index >= 15 is 0 Å². The molecular formula is C14H18N4O3. The SMILES string of the molecule is COc1cc(N)ccc1NC(=O)CN1CCOC(C#N)C1. The summed E-state index contributed by atoms with van der Waals surface area (Å²) in [6.07, 6.45) is -0.474. The molecule has 0 bridgehead atoms. The van der Waals surface area contributed by atoms with Crippen LogP contribution < -0.4 is 15.8 Å².